The molecule has 3 rings (SSSR count). The first-order valence-electron chi connectivity index (χ1n) is 7.68. The predicted octanol–water partition coefficient (Wildman–Crippen LogP) is 3.91. The molecule has 0 spiro atoms. The van der Waals surface area contributed by atoms with E-state index >= 15 is 0 Å². The second-order valence-electron chi connectivity index (χ2n) is 5.62. The van der Waals surface area contributed by atoms with E-state index in [-0.39, 0.29) is 29.9 Å². The summed E-state index contributed by atoms with van der Waals surface area (Å²) in [5.41, 5.74) is 1.52. The number of para-hydroxylation sites is 2. The number of rotatable bonds is 5. The molecule has 128 valence electrons. The van der Waals surface area contributed by atoms with Gasteiger partial charge in [-0.2, -0.15) is 8.78 Å². The van der Waals surface area contributed by atoms with Gasteiger partial charge < -0.3 is 10.1 Å². The minimum atomic E-state index is -2.93. The average Bonchev–Trinajstić information content (AvgIpc) is 3.01. The summed E-state index contributed by atoms with van der Waals surface area (Å²) in [6.07, 6.45) is 0.926. The molecule has 2 heterocycles. The number of alkyl halides is 2. The zero-order chi connectivity index (χ0) is 17.1. The van der Waals surface area contributed by atoms with E-state index in [1.165, 1.54) is 16.5 Å². The molecular formula is C17H18F2N2O2S. The molecule has 4 nitrogen and oxygen atoms in total. The third-order valence-electron chi connectivity index (χ3n) is 4.13. The Morgan fingerprint density at radius 2 is 2.21 bits per heavy atom. The highest BCUT2D eigenvalue weighted by molar-refractivity contribution is 7.10. The molecule has 0 saturated heterocycles. The molecule has 1 aliphatic rings. The first-order valence-corrected chi connectivity index (χ1v) is 8.56. The van der Waals surface area contributed by atoms with Gasteiger partial charge in [-0.25, -0.2) is 0 Å². The number of fused-ring (bicyclic) bond motifs is 1. The van der Waals surface area contributed by atoms with Gasteiger partial charge >= 0.3 is 6.61 Å². The van der Waals surface area contributed by atoms with Crippen molar-refractivity contribution in [1.82, 2.24) is 4.90 Å². The van der Waals surface area contributed by atoms with E-state index in [1.807, 2.05) is 0 Å². The minimum Gasteiger partial charge on any atom is -0.433 e. The lowest BCUT2D eigenvalue weighted by atomic mass is 10.0. The average molecular weight is 352 g/mol. The van der Waals surface area contributed by atoms with Crippen LogP contribution < -0.4 is 10.1 Å². The van der Waals surface area contributed by atoms with Gasteiger partial charge in [0.2, 0.25) is 5.91 Å². The third-order valence-corrected chi connectivity index (χ3v) is 5.12. The fraction of sp³-hybridized carbons (Fsp3) is 0.353. The van der Waals surface area contributed by atoms with Gasteiger partial charge in [0.25, 0.3) is 0 Å². The summed E-state index contributed by atoms with van der Waals surface area (Å²) in [5, 5.41) is 4.74. The van der Waals surface area contributed by atoms with Crippen LogP contribution in [0, 0.1) is 0 Å². The maximum Gasteiger partial charge on any atom is 0.387 e. The molecule has 1 amide bonds. The molecule has 1 N–H and O–H groups in total. The summed E-state index contributed by atoms with van der Waals surface area (Å²) in [4.78, 5) is 15.8. The van der Waals surface area contributed by atoms with Gasteiger partial charge in [-0.1, -0.05) is 12.1 Å². The van der Waals surface area contributed by atoms with Crippen LogP contribution in [0.15, 0.2) is 35.7 Å². The topological polar surface area (TPSA) is 41.6 Å². The first-order chi connectivity index (χ1) is 11.5. The summed E-state index contributed by atoms with van der Waals surface area (Å²) in [6.45, 7) is 0.157. The summed E-state index contributed by atoms with van der Waals surface area (Å²) in [7, 11) is 0. The molecule has 0 saturated carbocycles. The lowest BCUT2D eigenvalue weighted by Gasteiger charge is -2.32. The van der Waals surface area contributed by atoms with Gasteiger partial charge in [0.05, 0.1) is 12.2 Å². The molecule has 24 heavy (non-hydrogen) atoms. The number of nitrogens with one attached hydrogen (secondary N) is 1. The molecule has 0 radical (unpaired) electrons. The van der Waals surface area contributed by atoms with E-state index < -0.39 is 6.61 Å². The number of ether oxygens (including phenoxy) is 1. The van der Waals surface area contributed by atoms with Crippen molar-refractivity contribution >= 4 is 22.9 Å². The van der Waals surface area contributed by atoms with Gasteiger partial charge in [-0.05, 0) is 42.5 Å². The maximum absolute atomic E-state index is 12.4. The summed E-state index contributed by atoms with van der Waals surface area (Å²) in [5.74, 6) is -0.279. The van der Waals surface area contributed by atoms with Crippen LogP contribution in [-0.4, -0.2) is 30.5 Å². The Morgan fingerprint density at radius 3 is 3.00 bits per heavy atom. The zero-order valence-corrected chi connectivity index (χ0v) is 14.0. The monoisotopic (exact) mass is 352 g/mol. The largest absolute Gasteiger partial charge is 0.433 e. The van der Waals surface area contributed by atoms with E-state index in [0.29, 0.717) is 0 Å². The highest BCUT2D eigenvalue weighted by Crippen LogP contribution is 2.32. The normalized spacial score (nSPS) is 17.6. The predicted molar refractivity (Wildman–Crippen MR) is 89.7 cm³/mol. The van der Waals surface area contributed by atoms with Crippen LogP contribution in [-0.2, 0) is 11.2 Å². The number of carbonyl (C=O) groups is 1. The Hall–Kier alpha value is -1.99. The second kappa shape index (κ2) is 7.27. The fourth-order valence-corrected chi connectivity index (χ4v) is 3.88. The van der Waals surface area contributed by atoms with Crippen LogP contribution in [0.3, 0.4) is 0 Å². The number of halogens is 2. The van der Waals surface area contributed by atoms with Crippen LogP contribution in [0.4, 0.5) is 14.5 Å². The van der Waals surface area contributed by atoms with Gasteiger partial charge in [0, 0.05) is 17.5 Å². The number of anilines is 1. The van der Waals surface area contributed by atoms with Crippen molar-refractivity contribution in [3.63, 3.8) is 0 Å². The van der Waals surface area contributed by atoms with Crippen LogP contribution >= 0.6 is 11.3 Å². The smallest absolute Gasteiger partial charge is 0.387 e. The van der Waals surface area contributed by atoms with Crippen molar-refractivity contribution in [2.45, 2.75) is 26.0 Å². The van der Waals surface area contributed by atoms with Gasteiger partial charge in [0.15, 0.2) is 0 Å². The quantitative estimate of drug-likeness (QED) is 0.887. The molecule has 2 aromatic rings. The van der Waals surface area contributed by atoms with Crippen molar-refractivity contribution in [3.05, 3.63) is 46.2 Å². The van der Waals surface area contributed by atoms with E-state index in [9.17, 15) is 13.6 Å². The number of hydrogen-bond donors (Lipinski definition) is 1. The second-order valence-corrected chi connectivity index (χ2v) is 6.62. The molecule has 1 aromatic heterocycles. The van der Waals surface area contributed by atoms with Crippen LogP contribution in [0.5, 0.6) is 5.75 Å². The Kier molecular flexibility index (Phi) is 5.11. The minimum absolute atomic E-state index is 0.0346. The molecular weight excluding hydrogens is 334 g/mol. The van der Waals surface area contributed by atoms with Crippen LogP contribution in [0.2, 0.25) is 0 Å². The number of thiophene rings is 1. The lowest BCUT2D eigenvalue weighted by molar-refractivity contribution is -0.118. The number of carbonyl (C=O) groups excluding carboxylic acids is 1. The molecule has 0 bridgehead atoms. The Balaban J connectivity index is 1.65. The molecule has 1 aliphatic heterocycles. The van der Waals surface area contributed by atoms with Gasteiger partial charge in [0.1, 0.15) is 5.75 Å². The maximum atomic E-state index is 12.4. The number of amides is 1. The summed E-state index contributed by atoms with van der Waals surface area (Å²) in [6, 6.07) is 8.46. The first kappa shape index (κ1) is 16.9. The van der Waals surface area contributed by atoms with E-state index in [4.69, 9.17) is 0 Å². The van der Waals surface area contributed by atoms with E-state index in [2.05, 4.69) is 33.3 Å². The van der Waals surface area contributed by atoms with Crippen molar-refractivity contribution < 1.29 is 18.3 Å². The fourth-order valence-electron chi connectivity index (χ4n) is 2.92. The standard InChI is InChI=1S/C17H18F2N2O2S/c1-11-12-7-9-24-15(12)6-8-21(11)10-16(22)20-13-4-2-3-5-14(13)23-17(18)19/h2-5,7,9,11,17H,6,8,10H2,1H3,(H,20,22). The third kappa shape index (κ3) is 3.73. The summed E-state index contributed by atoms with van der Waals surface area (Å²) < 4.78 is 29.3. The Bertz CT molecular complexity index is 720. The number of hydrogen-bond acceptors (Lipinski definition) is 4. The lowest BCUT2D eigenvalue weighted by Crippen LogP contribution is -2.39. The number of benzene rings is 1. The summed E-state index contributed by atoms with van der Waals surface area (Å²) >= 11 is 1.75. The highest BCUT2D eigenvalue weighted by Gasteiger charge is 2.26. The number of nitrogens with zero attached hydrogens (tertiary/aromatic N) is 1. The van der Waals surface area contributed by atoms with Crippen molar-refractivity contribution in [1.29, 1.82) is 0 Å². The van der Waals surface area contributed by atoms with Crippen LogP contribution in [0.1, 0.15) is 23.4 Å². The van der Waals surface area contributed by atoms with Crippen molar-refractivity contribution in [3.8, 4) is 5.75 Å². The van der Waals surface area contributed by atoms with Crippen molar-refractivity contribution in [2.24, 2.45) is 0 Å². The van der Waals surface area contributed by atoms with E-state index in [0.717, 1.165) is 13.0 Å². The zero-order valence-electron chi connectivity index (χ0n) is 13.2. The Labute approximate surface area is 143 Å². The molecule has 1 unspecified atom stereocenters. The molecule has 0 aliphatic carbocycles. The molecule has 0 fully saturated rings. The van der Waals surface area contributed by atoms with Crippen molar-refractivity contribution in [2.75, 3.05) is 18.4 Å². The van der Waals surface area contributed by atoms with Crippen LogP contribution in [0.25, 0.3) is 0 Å². The SMILES string of the molecule is CC1c2ccsc2CCN1CC(=O)Nc1ccccc1OC(F)F. The van der Waals surface area contributed by atoms with Gasteiger partial charge in [-0.15, -0.1) is 11.3 Å². The molecule has 1 atom stereocenters. The highest BCUT2D eigenvalue weighted by atomic mass is 32.1. The Morgan fingerprint density at radius 1 is 1.42 bits per heavy atom. The molecule has 1 aromatic carbocycles. The molecule has 7 heteroatoms. The van der Waals surface area contributed by atoms with Gasteiger partial charge in [-0.3, -0.25) is 9.69 Å². The van der Waals surface area contributed by atoms with E-state index in [1.54, 1.807) is 29.5 Å².